The summed E-state index contributed by atoms with van der Waals surface area (Å²) in [5.41, 5.74) is 4.20. The number of aromatic nitrogens is 2. The number of hydrogen-bond donors (Lipinski definition) is 0. The molecule has 0 N–H and O–H groups in total. The molecule has 2 rings (SSSR count). The van der Waals surface area contributed by atoms with E-state index in [1.165, 1.54) is 11.1 Å². The summed E-state index contributed by atoms with van der Waals surface area (Å²) in [4.78, 5) is 0. The first kappa shape index (κ1) is 12.1. The van der Waals surface area contributed by atoms with Crippen LogP contribution in [0.25, 0.3) is 5.69 Å². The predicted octanol–water partition coefficient (Wildman–Crippen LogP) is 3.29. The molecule has 0 aliphatic carbocycles. The third-order valence-corrected chi connectivity index (χ3v) is 2.73. The smallest absolute Gasteiger partial charge is 0.133 e. The van der Waals surface area contributed by atoms with Crippen molar-refractivity contribution in [3.05, 3.63) is 46.2 Å². The SMILES string of the molecule is COCc1cc(Cl)n(-c2cc(C)cc(C)c2)n1. The summed E-state index contributed by atoms with van der Waals surface area (Å²) in [6.07, 6.45) is 0. The van der Waals surface area contributed by atoms with Crippen molar-refractivity contribution in [1.82, 2.24) is 9.78 Å². The molecule has 0 radical (unpaired) electrons. The van der Waals surface area contributed by atoms with Crippen molar-refractivity contribution in [2.75, 3.05) is 7.11 Å². The Hall–Kier alpha value is -1.32. The fourth-order valence-corrected chi connectivity index (χ4v) is 2.14. The molecule has 0 atom stereocenters. The molecular formula is C13H15ClN2O. The van der Waals surface area contributed by atoms with Crippen molar-refractivity contribution in [2.45, 2.75) is 20.5 Å². The molecule has 2 aromatic rings. The zero-order chi connectivity index (χ0) is 12.4. The molecule has 1 aromatic heterocycles. The standard InChI is InChI=1S/C13H15ClN2O/c1-9-4-10(2)6-12(5-9)16-13(14)7-11(15-16)8-17-3/h4-7H,8H2,1-3H3. The Labute approximate surface area is 106 Å². The van der Waals surface area contributed by atoms with Crippen molar-refractivity contribution in [1.29, 1.82) is 0 Å². The molecule has 4 heteroatoms. The second-order valence-electron chi connectivity index (χ2n) is 4.15. The van der Waals surface area contributed by atoms with Gasteiger partial charge in [-0.05, 0) is 37.1 Å². The normalized spacial score (nSPS) is 10.8. The molecule has 0 bridgehead atoms. The van der Waals surface area contributed by atoms with Crippen molar-refractivity contribution < 1.29 is 4.74 Å². The van der Waals surface area contributed by atoms with Gasteiger partial charge in [0.25, 0.3) is 0 Å². The number of halogens is 1. The molecule has 0 spiro atoms. The van der Waals surface area contributed by atoms with Gasteiger partial charge in [0.15, 0.2) is 0 Å². The first-order valence-electron chi connectivity index (χ1n) is 5.42. The molecule has 0 aliphatic rings. The quantitative estimate of drug-likeness (QED) is 0.836. The molecule has 1 aromatic carbocycles. The van der Waals surface area contributed by atoms with Crippen LogP contribution in [0.2, 0.25) is 5.15 Å². The Morgan fingerprint density at radius 2 is 1.82 bits per heavy atom. The van der Waals surface area contributed by atoms with Gasteiger partial charge in [-0.25, -0.2) is 4.68 Å². The van der Waals surface area contributed by atoms with Gasteiger partial charge in [-0.2, -0.15) is 5.10 Å². The van der Waals surface area contributed by atoms with E-state index in [-0.39, 0.29) is 0 Å². The molecule has 17 heavy (non-hydrogen) atoms. The van der Waals surface area contributed by atoms with Gasteiger partial charge in [-0.15, -0.1) is 0 Å². The third-order valence-electron chi connectivity index (χ3n) is 2.46. The van der Waals surface area contributed by atoms with Gasteiger partial charge in [0.05, 0.1) is 18.0 Å². The van der Waals surface area contributed by atoms with Gasteiger partial charge < -0.3 is 4.74 Å². The van der Waals surface area contributed by atoms with Crippen LogP contribution in [-0.4, -0.2) is 16.9 Å². The topological polar surface area (TPSA) is 27.1 Å². The van der Waals surface area contributed by atoms with E-state index < -0.39 is 0 Å². The van der Waals surface area contributed by atoms with Gasteiger partial charge in [0.1, 0.15) is 5.15 Å². The number of rotatable bonds is 3. The highest BCUT2D eigenvalue weighted by Crippen LogP contribution is 2.20. The summed E-state index contributed by atoms with van der Waals surface area (Å²) in [6, 6.07) is 8.06. The van der Waals surface area contributed by atoms with Gasteiger partial charge in [-0.3, -0.25) is 0 Å². The highest BCUT2D eigenvalue weighted by molar-refractivity contribution is 6.29. The highest BCUT2D eigenvalue weighted by Gasteiger charge is 2.08. The lowest BCUT2D eigenvalue weighted by Crippen LogP contribution is -1.99. The van der Waals surface area contributed by atoms with Gasteiger partial charge in [-0.1, -0.05) is 17.7 Å². The van der Waals surface area contributed by atoms with E-state index in [0.29, 0.717) is 11.8 Å². The van der Waals surface area contributed by atoms with Crippen LogP contribution in [0.3, 0.4) is 0 Å². The maximum Gasteiger partial charge on any atom is 0.133 e. The summed E-state index contributed by atoms with van der Waals surface area (Å²) >= 11 is 6.16. The lowest BCUT2D eigenvalue weighted by Gasteiger charge is -2.06. The van der Waals surface area contributed by atoms with Crippen LogP contribution in [0.1, 0.15) is 16.8 Å². The summed E-state index contributed by atoms with van der Waals surface area (Å²) in [7, 11) is 1.64. The Morgan fingerprint density at radius 1 is 1.18 bits per heavy atom. The van der Waals surface area contributed by atoms with E-state index in [0.717, 1.165) is 11.4 Å². The third kappa shape index (κ3) is 2.68. The second-order valence-corrected chi connectivity index (χ2v) is 4.54. The van der Waals surface area contributed by atoms with Crippen molar-refractivity contribution in [3.8, 4) is 5.69 Å². The molecule has 1 heterocycles. The summed E-state index contributed by atoms with van der Waals surface area (Å²) in [6.45, 7) is 4.59. The molecule has 0 saturated carbocycles. The maximum absolute atomic E-state index is 6.16. The van der Waals surface area contributed by atoms with Crippen LogP contribution in [-0.2, 0) is 11.3 Å². The van der Waals surface area contributed by atoms with Crippen LogP contribution < -0.4 is 0 Å². The summed E-state index contributed by atoms with van der Waals surface area (Å²) in [5.74, 6) is 0. The van der Waals surface area contributed by atoms with Crippen molar-refractivity contribution in [2.24, 2.45) is 0 Å². The maximum atomic E-state index is 6.16. The number of nitrogens with zero attached hydrogens (tertiary/aromatic N) is 2. The second kappa shape index (κ2) is 4.90. The van der Waals surface area contributed by atoms with Gasteiger partial charge >= 0.3 is 0 Å². The Morgan fingerprint density at radius 3 is 2.41 bits per heavy atom. The first-order valence-corrected chi connectivity index (χ1v) is 5.80. The van der Waals surface area contributed by atoms with Crippen molar-refractivity contribution >= 4 is 11.6 Å². The highest BCUT2D eigenvalue weighted by atomic mass is 35.5. The van der Waals surface area contributed by atoms with Crippen LogP contribution >= 0.6 is 11.6 Å². The number of benzene rings is 1. The lowest BCUT2D eigenvalue weighted by atomic mass is 10.1. The van der Waals surface area contributed by atoms with E-state index >= 15 is 0 Å². The zero-order valence-corrected chi connectivity index (χ0v) is 11.0. The average Bonchev–Trinajstić information content (AvgIpc) is 2.58. The Kier molecular flexibility index (Phi) is 3.50. The summed E-state index contributed by atoms with van der Waals surface area (Å²) in [5, 5.41) is 5.01. The van der Waals surface area contributed by atoms with E-state index in [4.69, 9.17) is 16.3 Å². The van der Waals surface area contributed by atoms with E-state index in [1.54, 1.807) is 11.8 Å². The minimum absolute atomic E-state index is 0.470. The largest absolute Gasteiger partial charge is 0.378 e. The molecular weight excluding hydrogens is 236 g/mol. The van der Waals surface area contributed by atoms with E-state index in [2.05, 4.69) is 37.1 Å². The predicted molar refractivity (Wildman–Crippen MR) is 68.8 cm³/mol. The van der Waals surface area contributed by atoms with E-state index in [9.17, 15) is 0 Å². The van der Waals surface area contributed by atoms with Crippen LogP contribution in [0.4, 0.5) is 0 Å². The number of methoxy groups -OCH3 is 1. The molecule has 0 amide bonds. The van der Waals surface area contributed by atoms with E-state index in [1.807, 2.05) is 6.07 Å². The van der Waals surface area contributed by atoms with Gasteiger partial charge in [0, 0.05) is 13.2 Å². The summed E-state index contributed by atoms with van der Waals surface area (Å²) < 4.78 is 6.78. The monoisotopic (exact) mass is 250 g/mol. The lowest BCUT2D eigenvalue weighted by molar-refractivity contribution is 0.181. The number of hydrogen-bond acceptors (Lipinski definition) is 2. The molecule has 90 valence electrons. The zero-order valence-electron chi connectivity index (χ0n) is 10.2. The molecule has 3 nitrogen and oxygen atoms in total. The van der Waals surface area contributed by atoms with Crippen molar-refractivity contribution in [3.63, 3.8) is 0 Å². The average molecular weight is 251 g/mol. The molecule has 0 aliphatic heterocycles. The molecule has 0 unspecified atom stereocenters. The first-order chi connectivity index (χ1) is 8.10. The minimum atomic E-state index is 0.470. The fraction of sp³-hybridized carbons (Fsp3) is 0.308. The number of ether oxygens (including phenoxy) is 1. The van der Waals surface area contributed by atoms with Crippen LogP contribution in [0.5, 0.6) is 0 Å². The Balaban J connectivity index is 2.44. The van der Waals surface area contributed by atoms with Crippen LogP contribution in [0.15, 0.2) is 24.3 Å². The number of aryl methyl sites for hydroxylation is 2. The Bertz CT molecular complexity index is 514. The van der Waals surface area contributed by atoms with Crippen LogP contribution in [0, 0.1) is 13.8 Å². The molecule has 0 fully saturated rings. The molecule has 0 saturated heterocycles. The van der Waals surface area contributed by atoms with Gasteiger partial charge in [0.2, 0.25) is 0 Å². The fourth-order valence-electron chi connectivity index (χ4n) is 1.88. The minimum Gasteiger partial charge on any atom is -0.378 e.